The summed E-state index contributed by atoms with van der Waals surface area (Å²) in [6.45, 7) is 0. The minimum atomic E-state index is -0.764. The number of nitrogens with one attached hydrogen (secondary N) is 2. The highest BCUT2D eigenvalue weighted by atomic mass is 35.5. The predicted octanol–water partition coefficient (Wildman–Crippen LogP) is 7.60. The monoisotopic (exact) mass is 553 g/mol. The van der Waals surface area contributed by atoms with Gasteiger partial charge < -0.3 is 10.3 Å². The number of benzene rings is 3. The van der Waals surface area contributed by atoms with Crippen molar-refractivity contribution in [3.63, 3.8) is 0 Å². The molecule has 0 saturated carbocycles. The lowest BCUT2D eigenvalue weighted by atomic mass is 9.95. The largest absolute Gasteiger partial charge is 0.361 e. The fourth-order valence-corrected chi connectivity index (χ4v) is 5.07. The van der Waals surface area contributed by atoms with Crippen molar-refractivity contribution in [2.24, 2.45) is 0 Å². The van der Waals surface area contributed by atoms with Crippen molar-refractivity contribution in [1.29, 1.82) is 0 Å². The van der Waals surface area contributed by atoms with Gasteiger partial charge >= 0.3 is 0 Å². The molecule has 2 aromatic heterocycles. The summed E-state index contributed by atoms with van der Waals surface area (Å²) in [5, 5.41) is 4.39. The van der Waals surface area contributed by atoms with E-state index in [0.29, 0.717) is 48.9 Å². The van der Waals surface area contributed by atoms with Crippen molar-refractivity contribution in [1.82, 2.24) is 15.3 Å². The molecule has 5 aromatic rings. The quantitative estimate of drug-likeness (QED) is 0.218. The summed E-state index contributed by atoms with van der Waals surface area (Å²) < 4.78 is 41.8. The van der Waals surface area contributed by atoms with E-state index >= 15 is 0 Å². The van der Waals surface area contributed by atoms with E-state index in [9.17, 15) is 18.0 Å². The van der Waals surface area contributed by atoms with Gasteiger partial charge in [0.2, 0.25) is 5.91 Å². The number of pyridine rings is 1. The third-order valence-electron chi connectivity index (χ3n) is 6.12. The van der Waals surface area contributed by atoms with Crippen LogP contribution in [0.4, 0.5) is 13.2 Å². The van der Waals surface area contributed by atoms with Crippen molar-refractivity contribution in [3.05, 3.63) is 123 Å². The fourth-order valence-electron chi connectivity index (χ4n) is 4.54. The van der Waals surface area contributed by atoms with Gasteiger partial charge in [-0.1, -0.05) is 29.3 Å². The Hall–Kier alpha value is -3.81. The summed E-state index contributed by atoms with van der Waals surface area (Å²) in [6.07, 6.45) is 3.23. The number of hydrogen-bond acceptors (Lipinski definition) is 2. The average molecular weight is 554 g/mol. The van der Waals surface area contributed by atoms with Gasteiger partial charge in [0.25, 0.3) is 0 Å². The topological polar surface area (TPSA) is 57.8 Å². The molecule has 0 radical (unpaired) electrons. The molecule has 0 fully saturated rings. The summed E-state index contributed by atoms with van der Waals surface area (Å²) >= 11 is 12.5. The van der Waals surface area contributed by atoms with E-state index in [-0.39, 0.29) is 18.7 Å². The van der Waals surface area contributed by atoms with Crippen LogP contribution in [0.15, 0.2) is 79.1 Å². The fraction of sp³-hybridized carbons (Fsp3) is 0.103. The van der Waals surface area contributed by atoms with Crippen LogP contribution in [0, 0.1) is 17.5 Å². The third-order valence-corrected chi connectivity index (χ3v) is 6.56. The summed E-state index contributed by atoms with van der Waals surface area (Å²) in [4.78, 5) is 20.8. The van der Waals surface area contributed by atoms with Crippen molar-refractivity contribution in [2.75, 3.05) is 0 Å². The van der Waals surface area contributed by atoms with E-state index in [2.05, 4.69) is 15.3 Å². The lowest BCUT2D eigenvalue weighted by molar-refractivity contribution is -0.121. The molecule has 1 atom stereocenters. The van der Waals surface area contributed by atoms with Gasteiger partial charge in [-0.05, 0) is 77.7 Å². The SMILES string of the molecule is O=C(Cc1c[nH]c2ccc(F)cc12)NC(Cc1cc(F)cc(F)c1)c1ncccc1-c1cc(Cl)cc(Cl)c1. The van der Waals surface area contributed by atoms with Crippen LogP contribution >= 0.6 is 23.2 Å². The standard InChI is InChI=1S/C29H20Cl2F3N3O/c30-19-9-17(10-20(31)12-19)24-2-1-5-35-29(24)27(8-16-6-22(33)13-23(34)7-16)37-28(38)11-18-15-36-26-4-3-21(32)14-25(18)26/h1-7,9-10,12-15,27,36H,8,11H2,(H,37,38). The highest BCUT2D eigenvalue weighted by molar-refractivity contribution is 6.35. The Bertz CT molecular complexity index is 1610. The van der Waals surface area contributed by atoms with Gasteiger partial charge in [0, 0.05) is 45.0 Å². The molecule has 1 unspecified atom stereocenters. The van der Waals surface area contributed by atoms with Crippen molar-refractivity contribution < 1.29 is 18.0 Å². The van der Waals surface area contributed by atoms with Gasteiger partial charge in [0.15, 0.2) is 0 Å². The molecule has 4 nitrogen and oxygen atoms in total. The van der Waals surface area contributed by atoms with Crippen LogP contribution in [0.1, 0.15) is 22.9 Å². The van der Waals surface area contributed by atoms with Gasteiger partial charge in [-0.2, -0.15) is 0 Å². The van der Waals surface area contributed by atoms with Crippen LogP contribution in [0.25, 0.3) is 22.0 Å². The molecule has 0 saturated heterocycles. The molecule has 1 amide bonds. The number of aromatic nitrogens is 2. The van der Waals surface area contributed by atoms with Crippen molar-refractivity contribution in [3.8, 4) is 11.1 Å². The Kier molecular flexibility index (Phi) is 7.40. The maximum Gasteiger partial charge on any atom is 0.225 e. The molecule has 38 heavy (non-hydrogen) atoms. The lowest BCUT2D eigenvalue weighted by Gasteiger charge is -2.22. The second kappa shape index (κ2) is 10.9. The highest BCUT2D eigenvalue weighted by Crippen LogP contribution is 2.33. The van der Waals surface area contributed by atoms with Crippen LogP contribution in [0.2, 0.25) is 10.0 Å². The highest BCUT2D eigenvalue weighted by Gasteiger charge is 2.22. The van der Waals surface area contributed by atoms with E-state index in [0.717, 1.165) is 6.07 Å². The molecular formula is C29H20Cl2F3N3O. The molecule has 0 spiro atoms. The van der Waals surface area contributed by atoms with Crippen molar-refractivity contribution in [2.45, 2.75) is 18.9 Å². The molecule has 0 bridgehead atoms. The van der Waals surface area contributed by atoms with Crippen molar-refractivity contribution >= 4 is 40.0 Å². The third kappa shape index (κ3) is 5.85. The zero-order chi connectivity index (χ0) is 26.8. The van der Waals surface area contributed by atoms with Gasteiger partial charge in [-0.15, -0.1) is 0 Å². The van der Waals surface area contributed by atoms with E-state index in [4.69, 9.17) is 23.2 Å². The van der Waals surface area contributed by atoms with Gasteiger partial charge in [0.05, 0.1) is 18.2 Å². The first-order valence-corrected chi connectivity index (χ1v) is 12.4. The average Bonchev–Trinajstić information content (AvgIpc) is 3.24. The Morgan fingerprint density at radius 1 is 0.921 bits per heavy atom. The number of hydrogen-bond donors (Lipinski definition) is 2. The summed E-state index contributed by atoms with van der Waals surface area (Å²) in [7, 11) is 0. The molecule has 2 heterocycles. The number of fused-ring (bicyclic) bond motifs is 1. The normalized spacial score (nSPS) is 12.0. The number of carbonyl (C=O) groups excluding carboxylic acids is 1. The Morgan fingerprint density at radius 3 is 2.39 bits per heavy atom. The van der Waals surface area contributed by atoms with Crippen LogP contribution < -0.4 is 5.32 Å². The number of amides is 1. The Morgan fingerprint density at radius 2 is 1.66 bits per heavy atom. The number of rotatable bonds is 7. The molecule has 0 aliphatic heterocycles. The molecule has 9 heteroatoms. The van der Waals surface area contributed by atoms with Gasteiger partial charge in [-0.3, -0.25) is 9.78 Å². The molecule has 2 N–H and O–H groups in total. The first-order chi connectivity index (χ1) is 18.2. The summed E-state index contributed by atoms with van der Waals surface area (Å²) in [5.41, 5.74) is 3.42. The van der Waals surface area contributed by atoms with Gasteiger partial charge in [0.1, 0.15) is 17.5 Å². The minimum absolute atomic E-state index is 0.0530. The predicted molar refractivity (Wildman–Crippen MR) is 143 cm³/mol. The molecule has 5 rings (SSSR count). The van der Waals surface area contributed by atoms with E-state index < -0.39 is 23.5 Å². The molecule has 0 aliphatic carbocycles. The van der Waals surface area contributed by atoms with E-state index in [1.807, 2.05) is 0 Å². The molecule has 192 valence electrons. The number of nitrogens with zero attached hydrogens (tertiary/aromatic N) is 1. The zero-order valence-corrected chi connectivity index (χ0v) is 21.3. The molecule has 0 aliphatic rings. The summed E-state index contributed by atoms with van der Waals surface area (Å²) in [5.74, 6) is -2.25. The maximum absolute atomic E-state index is 14.0. The number of aromatic amines is 1. The number of halogens is 5. The molecular weight excluding hydrogens is 534 g/mol. The first-order valence-electron chi connectivity index (χ1n) is 11.7. The Labute approximate surface area is 226 Å². The smallest absolute Gasteiger partial charge is 0.225 e. The number of H-pyrrole nitrogens is 1. The lowest BCUT2D eigenvalue weighted by Crippen LogP contribution is -2.32. The minimum Gasteiger partial charge on any atom is -0.361 e. The van der Waals surface area contributed by atoms with Crippen LogP contribution in [0.5, 0.6) is 0 Å². The molecule has 3 aromatic carbocycles. The second-order valence-corrected chi connectivity index (χ2v) is 9.75. The number of carbonyl (C=O) groups is 1. The second-order valence-electron chi connectivity index (χ2n) is 8.88. The van der Waals surface area contributed by atoms with E-state index in [1.165, 1.54) is 24.3 Å². The first kappa shape index (κ1) is 25.8. The zero-order valence-electron chi connectivity index (χ0n) is 19.7. The maximum atomic E-state index is 14.0. The van der Waals surface area contributed by atoms with Crippen LogP contribution in [-0.4, -0.2) is 15.9 Å². The van der Waals surface area contributed by atoms with Crippen LogP contribution in [-0.2, 0) is 17.6 Å². The van der Waals surface area contributed by atoms with E-state index in [1.54, 1.807) is 48.8 Å². The van der Waals surface area contributed by atoms with Gasteiger partial charge in [-0.25, -0.2) is 13.2 Å². The summed E-state index contributed by atoms with van der Waals surface area (Å²) in [6, 6.07) is 15.3. The van der Waals surface area contributed by atoms with Crippen LogP contribution in [0.3, 0.4) is 0 Å². The Balaban J connectivity index is 1.52.